The summed E-state index contributed by atoms with van der Waals surface area (Å²) in [4.78, 5) is 98.6. The summed E-state index contributed by atoms with van der Waals surface area (Å²) in [7, 11) is 2.86. The molecule has 5 atom stereocenters. The van der Waals surface area contributed by atoms with Crippen molar-refractivity contribution in [3.63, 3.8) is 0 Å². The third kappa shape index (κ3) is 8.94. The molecule has 0 spiro atoms. The Labute approximate surface area is 369 Å². The highest BCUT2D eigenvalue weighted by atomic mass is 35.5. The van der Waals surface area contributed by atoms with Crippen molar-refractivity contribution in [1.29, 1.82) is 0 Å². The number of nitrogens with one attached hydrogen (secondary N) is 2. The minimum atomic E-state index is -1.81. The molecule has 29 heteroatoms. The number of hydrogen-bond acceptors (Lipinski definition) is 18. The van der Waals surface area contributed by atoms with Crippen molar-refractivity contribution >= 4 is 118 Å². The van der Waals surface area contributed by atoms with Gasteiger partial charge in [-0.1, -0.05) is 77.2 Å². The number of primary amides is 1. The van der Waals surface area contributed by atoms with E-state index in [1.54, 1.807) is 31.3 Å². The summed E-state index contributed by atoms with van der Waals surface area (Å²) in [6.45, 7) is 0. The number of nitrogens with two attached hydrogens (primary N) is 2. The lowest BCUT2D eigenvalue weighted by molar-refractivity contribution is -0.192. The number of thioether (sulfide) groups is 5. The summed E-state index contributed by atoms with van der Waals surface area (Å²) >= 11 is 11.3. The fraction of sp³-hybridized carbons (Fsp3) is 0.344. The Morgan fingerprint density at radius 2 is 1.69 bits per heavy atom. The van der Waals surface area contributed by atoms with Crippen LogP contribution in [-0.2, 0) is 50.1 Å². The van der Waals surface area contributed by atoms with E-state index in [0.29, 0.717) is 16.3 Å². The second-order valence-electron chi connectivity index (χ2n) is 12.6. The van der Waals surface area contributed by atoms with Crippen LogP contribution in [0, 0.1) is 0 Å². The number of benzene rings is 1. The van der Waals surface area contributed by atoms with Crippen LogP contribution in [0.2, 0.25) is 0 Å². The normalized spacial score (nSPS) is 24.2. The maximum absolute atomic E-state index is 13.2. The van der Waals surface area contributed by atoms with Crippen molar-refractivity contribution in [2.24, 2.45) is 18.5 Å². The van der Waals surface area contributed by atoms with Gasteiger partial charge in [0.15, 0.2) is 0 Å². The Bertz CT molecular complexity index is 2270. The number of carboxylic acid groups (broad SMARTS) is 3. The van der Waals surface area contributed by atoms with E-state index >= 15 is 0 Å². The van der Waals surface area contributed by atoms with E-state index in [2.05, 4.69) is 26.2 Å². The number of methoxy groups -OCH3 is 1. The van der Waals surface area contributed by atoms with Crippen LogP contribution in [0.4, 0.5) is 0 Å². The second kappa shape index (κ2) is 19.1. The highest BCUT2D eigenvalue weighted by Gasteiger charge is 2.67. The first-order valence-corrected chi connectivity index (χ1v) is 22.1. The van der Waals surface area contributed by atoms with Crippen molar-refractivity contribution in [3.8, 4) is 0 Å². The van der Waals surface area contributed by atoms with Crippen LogP contribution < -0.4 is 22.1 Å². The molecule has 0 saturated carbocycles. The molecule has 3 fully saturated rings. The summed E-state index contributed by atoms with van der Waals surface area (Å²) in [5.41, 5.74) is 9.25. The largest absolute Gasteiger partial charge is 0.477 e. The Morgan fingerprint density at radius 1 is 1.03 bits per heavy atom. The molecule has 326 valence electrons. The summed E-state index contributed by atoms with van der Waals surface area (Å²) in [5.74, 6) is -6.87. The fourth-order valence-electron chi connectivity index (χ4n) is 6.15. The molecule has 0 bridgehead atoms. The molecule has 7 rings (SSSR count). The van der Waals surface area contributed by atoms with Gasteiger partial charge in [0.1, 0.15) is 44.4 Å². The number of rotatable bonds is 13. The van der Waals surface area contributed by atoms with Gasteiger partial charge in [0.25, 0.3) is 23.4 Å². The number of fused-ring (bicyclic) bond motifs is 2. The van der Waals surface area contributed by atoms with Crippen molar-refractivity contribution < 1.29 is 63.9 Å². The van der Waals surface area contributed by atoms with Crippen molar-refractivity contribution in [2.45, 2.75) is 38.3 Å². The van der Waals surface area contributed by atoms with Crippen LogP contribution in [0.15, 0.2) is 67.3 Å². The van der Waals surface area contributed by atoms with Gasteiger partial charge >= 0.3 is 17.9 Å². The van der Waals surface area contributed by atoms with Crippen LogP contribution in [0.1, 0.15) is 11.6 Å². The minimum Gasteiger partial charge on any atom is -0.477 e. The second-order valence-corrected chi connectivity index (χ2v) is 19.0. The maximum atomic E-state index is 13.2. The molecule has 5 aliphatic heterocycles. The van der Waals surface area contributed by atoms with Gasteiger partial charge in [-0.2, -0.15) is 0 Å². The van der Waals surface area contributed by atoms with Gasteiger partial charge in [-0.25, -0.2) is 19.1 Å². The molecule has 0 unspecified atom stereocenters. The van der Waals surface area contributed by atoms with E-state index in [4.69, 9.17) is 32.9 Å². The summed E-state index contributed by atoms with van der Waals surface area (Å²) in [6, 6.07) is 7.07. The Balaban J connectivity index is 0.000000245. The number of β-lactam (4-membered cyclic amide) rings is 2. The third-order valence-electron chi connectivity index (χ3n) is 9.07. The molecule has 1 aromatic carbocycles. The molecule has 3 saturated heterocycles. The topological polar surface area (TPSA) is 364 Å². The zero-order valence-corrected chi connectivity index (χ0v) is 36.0. The summed E-state index contributed by atoms with van der Waals surface area (Å²) < 4.78 is 6.05. The van der Waals surface area contributed by atoms with Crippen LogP contribution in [-0.4, -0.2) is 150 Å². The molecule has 6 heterocycles. The first kappa shape index (κ1) is 47.2. The highest BCUT2D eigenvalue weighted by molar-refractivity contribution is 8.39. The smallest absolute Gasteiger partial charge is 0.353 e. The molecule has 5 amide bonds. The fourth-order valence-corrected chi connectivity index (χ4v) is 12.3. The predicted octanol–water partition coefficient (Wildman–Crippen LogP) is -1.60. The van der Waals surface area contributed by atoms with Crippen molar-refractivity contribution in [2.75, 3.05) is 24.4 Å². The zero-order valence-electron chi connectivity index (χ0n) is 31.2. The number of hydrogen-bond donors (Lipinski definition) is 7. The number of halogens is 1. The van der Waals surface area contributed by atoms with Crippen LogP contribution in [0.3, 0.4) is 0 Å². The standard InChI is InChI=1S/C17H17N7O8S4.C15H14ClN3O4S.H2O/c1-23-16(20-21-22-23)34-4-5-3-33-15-17(32-2,14(31)24(15)7(5)11(29)30)19-9(26)13-35-12(36-13)6(8(18)25)10(27)28;16-8-6-24-14-10(13(21)19(14)11(8)15(22)23)18-12(20)9(17)7-4-2-1-3-5-7;/h13,15H,3-4H2,1-2H3,(H2,18,25)(H,19,26)(H,27,28)(H,29,30);1-5,9-10,14H,6,17H2,(H,18,20)(H,22,23);1H2/t13?,15-,17+;9-,10-,14-;/m11./s1. The lowest BCUT2D eigenvalue weighted by Gasteiger charge is -2.56. The van der Waals surface area contributed by atoms with E-state index in [-0.39, 0.29) is 43.4 Å². The number of amides is 5. The number of aryl methyl sites for hydroxylation is 1. The average molecular weight is 961 g/mol. The molecular formula is C32H33ClN10O13S5. The molecule has 1 aromatic heterocycles. The number of nitrogens with zero attached hydrogens (tertiary/aromatic N) is 6. The summed E-state index contributed by atoms with van der Waals surface area (Å²) in [5, 5.41) is 43.6. The van der Waals surface area contributed by atoms with E-state index in [0.717, 1.165) is 33.3 Å². The first-order chi connectivity index (χ1) is 28.4. The lowest BCUT2D eigenvalue weighted by Crippen LogP contribution is -2.81. The van der Waals surface area contributed by atoms with Crippen LogP contribution >= 0.6 is 70.4 Å². The van der Waals surface area contributed by atoms with Crippen molar-refractivity contribution in [3.05, 3.63) is 67.7 Å². The predicted molar refractivity (Wildman–Crippen MR) is 221 cm³/mol. The van der Waals surface area contributed by atoms with Crippen molar-refractivity contribution in [1.82, 2.24) is 40.6 Å². The molecule has 11 N–H and O–H groups in total. The van der Waals surface area contributed by atoms with Gasteiger partial charge in [0.05, 0.1) is 9.27 Å². The molecule has 0 aliphatic carbocycles. The van der Waals surface area contributed by atoms with E-state index in [9.17, 15) is 48.6 Å². The van der Waals surface area contributed by atoms with Gasteiger partial charge in [0.2, 0.25) is 17.0 Å². The number of carbonyl (C=O) groups is 8. The Morgan fingerprint density at radius 3 is 2.25 bits per heavy atom. The first-order valence-electron chi connectivity index (χ1n) is 16.8. The lowest BCUT2D eigenvalue weighted by atomic mass is 9.98. The van der Waals surface area contributed by atoms with Gasteiger partial charge in [-0.05, 0) is 21.6 Å². The van der Waals surface area contributed by atoms with E-state index < -0.39 is 86.2 Å². The van der Waals surface area contributed by atoms with E-state index in [1.807, 2.05) is 6.07 Å². The van der Waals surface area contributed by atoms with Gasteiger partial charge in [-0.15, -0.1) is 28.6 Å². The zero-order chi connectivity index (χ0) is 43.8. The number of tetrazole rings is 1. The quantitative estimate of drug-likeness (QED) is 0.0297. The number of carbonyl (C=O) groups excluding carboxylic acids is 5. The molecule has 5 aliphatic rings. The van der Waals surface area contributed by atoms with E-state index in [1.165, 1.54) is 47.1 Å². The summed E-state index contributed by atoms with van der Waals surface area (Å²) in [6.07, 6.45) is 0. The van der Waals surface area contributed by atoms with Crippen LogP contribution in [0.25, 0.3) is 0 Å². The maximum Gasteiger partial charge on any atom is 0.353 e. The average Bonchev–Trinajstić information content (AvgIpc) is 3.62. The SMILES string of the molecule is CO[C@@]1(NC(=O)C2SC(=C(C(N)=O)C(=O)O)S2)C(=O)N2C(C(=O)O)=C(CSc3nnnn3C)CS[C@@H]21.N[C@@H](C(=O)N[C@@H]1C(=O)N2C(C(=O)O)=C(Cl)CS[C@H]12)c1ccccc1.O. The Hall–Kier alpha value is -4.81. The number of ether oxygens (including phenoxy) is 1. The molecule has 0 radical (unpaired) electrons. The molecule has 23 nitrogen and oxygen atoms in total. The van der Waals surface area contributed by atoms with Crippen LogP contribution in [0.5, 0.6) is 0 Å². The van der Waals surface area contributed by atoms with Gasteiger partial charge < -0.3 is 47.6 Å². The van der Waals surface area contributed by atoms with Gasteiger partial charge in [-0.3, -0.25) is 33.8 Å². The Kier molecular flexibility index (Phi) is 14.8. The van der Waals surface area contributed by atoms with Gasteiger partial charge in [0, 0.05) is 31.4 Å². The molecule has 61 heavy (non-hydrogen) atoms. The number of aliphatic carboxylic acids is 3. The number of carboxylic acids is 3. The number of aromatic nitrogens is 4. The minimum absolute atomic E-state index is 0. The monoisotopic (exact) mass is 960 g/mol. The highest BCUT2D eigenvalue weighted by Crippen LogP contribution is 2.54. The molecule has 2 aromatic rings. The third-order valence-corrected chi connectivity index (χ3v) is 16.1. The molecular weight excluding hydrogens is 928 g/mol.